The van der Waals surface area contributed by atoms with Gasteiger partial charge in [-0.25, -0.2) is 4.39 Å². The van der Waals surface area contributed by atoms with Crippen molar-refractivity contribution in [2.75, 3.05) is 0 Å². The molecular weight excluding hydrogens is 217 g/mol. The van der Waals surface area contributed by atoms with E-state index in [9.17, 15) is 9.50 Å². The topological polar surface area (TPSA) is 44.0 Å². The summed E-state index contributed by atoms with van der Waals surface area (Å²) >= 11 is 5.83. The van der Waals surface area contributed by atoms with Crippen molar-refractivity contribution in [2.45, 2.75) is 24.7 Å². The molecule has 0 aliphatic heterocycles. The van der Waals surface area contributed by atoms with Crippen molar-refractivity contribution in [3.05, 3.63) is 28.5 Å². The molecule has 1 aliphatic rings. The van der Waals surface area contributed by atoms with E-state index >= 15 is 0 Å². The molecule has 2 nitrogen and oxygen atoms in total. The van der Waals surface area contributed by atoms with Crippen LogP contribution in [0.1, 0.15) is 24.8 Å². The molecule has 0 radical (unpaired) electrons. The summed E-state index contributed by atoms with van der Waals surface area (Å²) < 4.78 is 13.6. The maximum Gasteiger partial charge on any atom is 0.134 e. The Bertz CT molecular complexity index is 449. The van der Waals surface area contributed by atoms with E-state index < -0.39 is 11.2 Å². The van der Waals surface area contributed by atoms with Gasteiger partial charge in [-0.3, -0.25) is 0 Å². The van der Waals surface area contributed by atoms with Crippen molar-refractivity contribution in [3.63, 3.8) is 0 Å². The zero-order valence-corrected chi connectivity index (χ0v) is 8.68. The van der Waals surface area contributed by atoms with Crippen LogP contribution in [0.5, 0.6) is 5.75 Å². The summed E-state index contributed by atoms with van der Waals surface area (Å²) in [5, 5.41) is 18.4. The highest BCUT2D eigenvalue weighted by molar-refractivity contribution is 6.33. The zero-order valence-electron chi connectivity index (χ0n) is 7.93. The Morgan fingerprint density at radius 3 is 2.60 bits per heavy atom. The summed E-state index contributed by atoms with van der Waals surface area (Å²) in [5.41, 5.74) is -0.683. The van der Waals surface area contributed by atoms with Crippen LogP contribution >= 0.6 is 11.6 Å². The lowest BCUT2D eigenvalue weighted by molar-refractivity contribution is 0.311. The molecule has 78 valence electrons. The molecule has 1 saturated carbocycles. The fourth-order valence-electron chi connectivity index (χ4n) is 1.93. The lowest BCUT2D eigenvalue weighted by Gasteiger charge is -2.36. The van der Waals surface area contributed by atoms with E-state index in [0.717, 1.165) is 12.5 Å². The van der Waals surface area contributed by atoms with Gasteiger partial charge in [-0.15, -0.1) is 0 Å². The average molecular weight is 226 g/mol. The standard InChI is InChI=1S/C11H9ClFNO/c12-10-8(15)3-2-7(13)9(10)11(6-14)4-1-5-11/h2-3,15H,1,4-5H2. The highest BCUT2D eigenvalue weighted by Crippen LogP contribution is 2.48. The second-order valence-electron chi connectivity index (χ2n) is 3.80. The molecule has 4 heteroatoms. The number of halogens is 2. The minimum atomic E-state index is -0.833. The van der Waals surface area contributed by atoms with Gasteiger partial charge in [0.15, 0.2) is 0 Å². The lowest BCUT2D eigenvalue weighted by atomic mass is 9.65. The largest absolute Gasteiger partial charge is 0.506 e. The quantitative estimate of drug-likeness (QED) is 0.798. The van der Waals surface area contributed by atoms with Crippen LogP contribution in [0.25, 0.3) is 0 Å². The van der Waals surface area contributed by atoms with Gasteiger partial charge in [0.25, 0.3) is 0 Å². The number of phenolic OH excluding ortho intramolecular Hbond substituents is 1. The normalized spacial score (nSPS) is 17.9. The van der Waals surface area contributed by atoms with Gasteiger partial charge in [0.05, 0.1) is 16.5 Å². The smallest absolute Gasteiger partial charge is 0.134 e. The fraction of sp³-hybridized carbons (Fsp3) is 0.364. The molecule has 1 aliphatic carbocycles. The molecule has 1 N–H and O–H groups in total. The molecule has 0 atom stereocenters. The van der Waals surface area contributed by atoms with Crippen LogP contribution in [0.4, 0.5) is 4.39 Å². The minimum absolute atomic E-state index is 0.0312. The Kier molecular flexibility index (Phi) is 2.32. The number of hydrogen-bond donors (Lipinski definition) is 1. The van der Waals surface area contributed by atoms with Gasteiger partial charge in [0, 0.05) is 5.56 Å². The Balaban J connectivity index is 2.62. The van der Waals surface area contributed by atoms with E-state index in [1.165, 1.54) is 6.07 Å². The minimum Gasteiger partial charge on any atom is -0.506 e. The highest BCUT2D eigenvalue weighted by Gasteiger charge is 2.43. The van der Waals surface area contributed by atoms with Crippen LogP contribution < -0.4 is 0 Å². The Morgan fingerprint density at radius 2 is 2.13 bits per heavy atom. The van der Waals surface area contributed by atoms with Crippen molar-refractivity contribution in [1.82, 2.24) is 0 Å². The van der Waals surface area contributed by atoms with Crippen molar-refractivity contribution < 1.29 is 9.50 Å². The molecule has 0 bridgehead atoms. The van der Waals surface area contributed by atoms with Gasteiger partial charge in [-0.1, -0.05) is 11.6 Å². The van der Waals surface area contributed by atoms with E-state index in [1.807, 2.05) is 0 Å². The second-order valence-corrected chi connectivity index (χ2v) is 4.18. The maximum absolute atomic E-state index is 13.6. The van der Waals surface area contributed by atoms with Crippen molar-refractivity contribution in [2.24, 2.45) is 0 Å². The predicted octanol–water partition coefficient (Wildman–Crippen LogP) is 3.13. The Morgan fingerprint density at radius 1 is 1.47 bits per heavy atom. The first-order chi connectivity index (χ1) is 7.10. The van der Waals surface area contributed by atoms with Gasteiger partial charge in [-0.05, 0) is 31.4 Å². The summed E-state index contributed by atoms with van der Waals surface area (Å²) in [6.07, 6.45) is 2.09. The Labute approximate surface area is 91.9 Å². The van der Waals surface area contributed by atoms with Crippen LogP contribution in [0.3, 0.4) is 0 Å². The fourth-order valence-corrected chi connectivity index (χ4v) is 2.26. The van der Waals surface area contributed by atoms with Crippen LogP contribution in [0, 0.1) is 17.1 Å². The Hall–Kier alpha value is -1.27. The molecule has 1 aromatic rings. The first-order valence-corrected chi connectivity index (χ1v) is 5.07. The van der Waals surface area contributed by atoms with Crippen molar-refractivity contribution >= 4 is 11.6 Å². The predicted molar refractivity (Wildman–Crippen MR) is 54.2 cm³/mol. The average Bonchev–Trinajstić information content (AvgIpc) is 2.16. The van der Waals surface area contributed by atoms with Crippen LogP contribution in [0.15, 0.2) is 12.1 Å². The number of rotatable bonds is 1. The number of benzene rings is 1. The van der Waals surface area contributed by atoms with E-state index in [0.29, 0.717) is 12.8 Å². The number of nitrogens with zero attached hydrogens (tertiary/aromatic N) is 1. The summed E-state index contributed by atoms with van der Waals surface area (Å²) in [7, 11) is 0. The number of phenols is 1. The third kappa shape index (κ3) is 1.37. The van der Waals surface area contributed by atoms with Gasteiger partial charge < -0.3 is 5.11 Å². The van der Waals surface area contributed by atoms with E-state index in [1.54, 1.807) is 0 Å². The first-order valence-electron chi connectivity index (χ1n) is 4.69. The molecule has 0 spiro atoms. The van der Waals surface area contributed by atoms with Crippen LogP contribution in [-0.4, -0.2) is 5.11 Å². The second kappa shape index (κ2) is 3.39. The molecule has 0 aromatic heterocycles. The van der Waals surface area contributed by atoms with Crippen molar-refractivity contribution in [3.8, 4) is 11.8 Å². The van der Waals surface area contributed by atoms with Gasteiger partial charge in [0.1, 0.15) is 11.6 Å². The van der Waals surface area contributed by atoms with Crippen LogP contribution in [-0.2, 0) is 5.41 Å². The van der Waals surface area contributed by atoms with E-state index in [-0.39, 0.29) is 16.3 Å². The lowest BCUT2D eigenvalue weighted by Crippen LogP contribution is -2.33. The summed E-state index contributed by atoms with van der Waals surface area (Å²) in [6, 6.07) is 4.45. The molecule has 1 fully saturated rings. The molecule has 0 amide bonds. The van der Waals surface area contributed by atoms with Gasteiger partial charge in [-0.2, -0.15) is 5.26 Å². The zero-order chi connectivity index (χ0) is 11.1. The molecule has 0 unspecified atom stereocenters. The molecule has 2 rings (SSSR count). The summed E-state index contributed by atoms with van der Waals surface area (Å²) in [5.74, 6) is -0.686. The number of hydrogen-bond acceptors (Lipinski definition) is 2. The number of nitriles is 1. The van der Waals surface area contributed by atoms with E-state index in [4.69, 9.17) is 16.9 Å². The van der Waals surface area contributed by atoms with E-state index in [2.05, 4.69) is 6.07 Å². The SMILES string of the molecule is N#CC1(c2c(F)ccc(O)c2Cl)CCC1. The maximum atomic E-state index is 13.6. The number of aromatic hydroxyl groups is 1. The van der Waals surface area contributed by atoms with Gasteiger partial charge >= 0.3 is 0 Å². The first kappa shape index (κ1) is 10.3. The third-order valence-corrected chi connectivity index (χ3v) is 3.35. The monoisotopic (exact) mass is 225 g/mol. The molecule has 0 heterocycles. The van der Waals surface area contributed by atoms with Crippen LogP contribution in [0.2, 0.25) is 5.02 Å². The summed E-state index contributed by atoms with van der Waals surface area (Å²) in [6.45, 7) is 0. The molecule has 0 saturated heterocycles. The molecule has 1 aromatic carbocycles. The summed E-state index contributed by atoms with van der Waals surface area (Å²) in [4.78, 5) is 0. The molecule has 15 heavy (non-hydrogen) atoms. The van der Waals surface area contributed by atoms with Gasteiger partial charge in [0.2, 0.25) is 0 Å². The third-order valence-electron chi connectivity index (χ3n) is 2.97. The highest BCUT2D eigenvalue weighted by atomic mass is 35.5. The molecular formula is C11H9ClFNO. The van der Waals surface area contributed by atoms with Crippen molar-refractivity contribution in [1.29, 1.82) is 5.26 Å².